The van der Waals surface area contributed by atoms with Gasteiger partial charge in [0.25, 0.3) is 5.56 Å². The van der Waals surface area contributed by atoms with E-state index >= 15 is 0 Å². The fourth-order valence-electron chi connectivity index (χ4n) is 2.30. The number of nitrogens with zero attached hydrogens (tertiary/aromatic N) is 1. The topological polar surface area (TPSA) is 87.6 Å². The Morgan fingerprint density at radius 2 is 2.47 bits per heavy atom. The van der Waals surface area contributed by atoms with Crippen molar-refractivity contribution in [2.75, 3.05) is 17.2 Å². The second kappa shape index (κ2) is 4.10. The maximum absolute atomic E-state index is 11.6. The van der Waals surface area contributed by atoms with Gasteiger partial charge in [0.1, 0.15) is 11.0 Å². The van der Waals surface area contributed by atoms with E-state index in [1.165, 1.54) is 17.9 Å². The molecule has 1 aliphatic rings. The molecular weight excluding hydrogens is 236 g/mol. The Balaban J connectivity index is 2.02. The SMILES string of the molecule is Nc1nc2c(CC3CCSC3)c[nH]c2c(=O)[nH]1. The van der Waals surface area contributed by atoms with E-state index in [1.807, 2.05) is 18.0 Å². The standard InChI is InChI=1S/C11H14N4OS/c12-11-14-8-7(3-6-1-2-17-5-6)4-13-9(8)10(16)15-11/h4,6,13H,1-3,5H2,(H3,12,14,15,16). The van der Waals surface area contributed by atoms with E-state index < -0.39 is 0 Å². The first-order chi connectivity index (χ1) is 8.24. The van der Waals surface area contributed by atoms with Gasteiger partial charge in [0.15, 0.2) is 0 Å². The van der Waals surface area contributed by atoms with E-state index in [1.54, 1.807) is 0 Å². The molecule has 5 nitrogen and oxygen atoms in total. The van der Waals surface area contributed by atoms with Crippen LogP contribution in [0.5, 0.6) is 0 Å². The summed E-state index contributed by atoms with van der Waals surface area (Å²) >= 11 is 1.99. The Labute approximate surface area is 102 Å². The largest absolute Gasteiger partial charge is 0.369 e. The van der Waals surface area contributed by atoms with Crippen LogP contribution in [0.4, 0.5) is 5.95 Å². The summed E-state index contributed by atoms with van der Waals surface area (Å²) < 4.78 is 0. The van der Waals surface area contributed by atoms with Crippen LogP contribution in [0, 0.1) is 5.92 Å². The van der Waals surface area contributed by atoms with E-state index in [2.05, 4.69) is 15.0 Å². The van der Waals surface area contributed by atoms with Gasteiger partial charge in [-0.3, -0.25) is 9.78 Å². The molecule has 0 aromatic carbocycles. The Morgan fingerprint density at radius 1 is 1.59 bits per heavy atom. The zero-order chi connectivity index (χ0) is 11.8. The number of nitrogen functional groups attached to an aromatic ring is 1. The molecule has 1 saturated heterocycles. The molecule has 3 heterocycles. The summed E-state index contributed by atoms with van der Waals surface area (Å²) in [6, 6.07) is 0. The Morgan fingerprint density at radius 3 is 3.24 bits per heavy atom. The highest BCUT2D eigenvalue weighted by atomic mass is 32.2. The molecule has 90 valence electrons. The molecular formula is C11H14N4OS. The van der Waals surface area contributed by atoms with Crippen molar-refractivity contribution in [1.82, 2.24) is 15.0 Å². The van der Waals surface area contributed by atoms with Crippen LogP contribution in [0.25, 0.3) is 11.0 Å². The summed E-state index contributed by atoms with van der Waals surface area (Å²) in [5.41, 5.74) is 7.74. The predicted octanol–water partition coefficient (Wildman–Crippen LogP) is 1.13. The predicted molar refractivity (Wildman–Crippen MR) is 70.3 cm³/mol. The van der Waals surface area contributed by atoms with E-state index in [9.17, 15) is 4.79 Å². The quantitative estimate of drug-likeness (QED) is 0.745. The maximum Gasteiger partial charge on any atom is 0.276 e. The second-order valence-corrected chi connectivity index (χ2v) is 5.57. The molecule has 0 bridgehead atoms. The lowest BCUT2D eigenvalue weighted by molar-refractivity contribution is 0.597. The van der Waals surface area contributed by atoms with Crippen molar-refractivity contribution in [2.24, 2.45) is 5.92 Å². The van der Waals surface area contributed by atoms with Gasteiger partial charge in [-0.1, -0.05) is 0 Å². The Hall–Kier alpha value is -1.43. The summed E-state index contributed by atoms with van der Waals surface area (Å²) in [7, 11) is 0. The van der Waals surface area contributed by atoms with E-state index in [0.29, 0.717) is 11.4 Å². The zero-order valence-electron chi connectivity index (χ0n) is 9.32. The highest BCUT2D eigenvalue weighted by Crippen LogP contribution is 2.28. The normalized spacial score (nSPS) is 20.1. The lowest BCUT2D eigenvalue weighted by Crippen LogP contribution is -2.11. The van der Waals surface area contributed by atoms with Gasteiger partial charge in [0.05, 0.1) is 0 Å². The summed E-state index contributed by atoms with van der Waals surface area (Å²) in [6.45, 7) is 0. The summed E-state index contributed by atoms with van der Waals surface area (Å²) in [6.07, 6.45) is 4.11. The van der Waals surface area contributed by atoms with Gasteiger partial charge in [-0.15, -0.1) is 0 Å². The van der Waals surface area contributed by atoms with Crippen LogP contribution in [-0.2, 0) is 6.42 Å². The Kier molecular flexibility index (Phi) is 2.58. The third-order valence-corrected chi connectivity index (χ3v) is 4.40. The van der Waals surface area contributed by atoms with Crippen LogP contribution in [0.2, 0.25) is 0 Å². The van der Waals surface area contributed by atoms with Crippen LogP contribution >= 0.6 is 11.8 Å². The van der Waals surface area contributed by atoms with Crippen molar-refractivity contribution >= 4 is 28.7 Å². The molecule has 1 atom stereocenters. The monoisotopic (exact) mass is 250 g/mol. The van der Waals surface area contributed by atoms with Crippen LogP contribution in [0.15, 0.2) is 11.0 Å². The second-order valence-electron chi connectivity index (χ2n) is 4.42. The molecule has 0 spiro atoms. The third kappa shape index (κ3) is 1.93. The lowest BCUT2D eigenvalue weighted by atomic mass is 10.0. The number of nitrogens with two attached hydrogens (primary N) is 1. The average molecular weight is 250 g/mol. The highest BCUT2D eigenvalue weighted by molar-refractivity contribution is 7.99. The van der Waals surface area contributed by atoms with Crippen LogP contribution in [0.3, 0.4) is 0 Å². The number of aromatic amines is 2. The molecule has 1 unspecified atom stereocenters. The first-order valence-corrected chi connectivity index (χ1v) is 6.83. The Bertz CT molecular complexity index is 597. The van der Waals surface area contributed by atoms with Gasteiger partial charge in [-0.25, -0.2) is 4.98 Å². The lowest BCUT2D eigenvalue weighted by Gasteiger charge is -2.05. The fourth-order valence-corrected chi connectivity index (χ4v) is 3.58. The molecule has 1 aliphatic heterocycles. The molecule has 3 rings (SSSR count). The number of thioether (sulfide) groups is 1. The highest BCUT2D eigenvalue weighted by Gasteiger charge is 2.18. The van der Waals surface area contributed by atoms with Gasteiger partial charge < -0.3 is 10.7 Å². The number of anilines is 1. The van der Waals surface area contributed by atoms with Gasteiger partial charge in [-0.2, -0.15) is 11.8 Å². The minimum absolute atomic E-state index is 0.184. The van der Waals surface area contributed by atoms with Gasteiger partial charge in [-0.05, 0) is 35.8 Å². The maximum atomic E-state index is 11.6. The van der Waals surface area contributed by atoms with Crippen molar-refractivity contribution < 1.29 is 0 Å². The van der Waals surface area contributed by atoms with Gasteiger partial charge in [0, 0.05) is 6.20 Å². The fraction of sp³-hybridized carbons (Fsp3) is 0.455. The summed E-state index contributed by atoms with van der Waals surface area (Å²) in [5, 5.41) is 0. The average Bonchev–Trinajstić information content (AvgIpc) is 2.89. The van der Waals surface area contributed by atoms with E-state index in [0.717, 1.165) is 17.5 Å². The minimum Gasteiger partial charge on any atom is -0.369 e. The molecule has 0 saturated carbocycles. The molecule has 2 aromatic heterocycles. The van der Waals surface area contributed by atoms with Crippen molar-refractivity contribution in [1.29, 1.82) is 0 Å². The number of rotatable bonds is 2. The summed E-state index contributed by atoms with van der Waals surface area (Å²) in [5.74, 6) is 3.32. The number of hydrogen-bond acceptors (Lipinski definition) is 4. The molecule has 17 heavy (non-hydrogen) atoms. The number of nitrogens with one attached hydrogen (secondary N) is 2. The van der Waals surface area contributed by atoms with Crippen LogP contribution < -0.4 is 11.3 Å². The molecule has 1 fully saturated rings. The van der Waals surface area contributed by atoms with E-state index in [-0.39, 0.29) is 11.5 Å². The van der Waals surface area contributed by atoms with Crippen molar-refractivity contribution in [3.63, 3.8) is 0 Å². The minimum atomic E-state index is -0.195. The smallest absolute Gasteiger partial charge is 0.276 e. The molecule has 0 radical (unpaired) electrons. The van der Waals surface area contributed by atoms with Crippen LogP contribution in [-0.4, -0.2) is 26.5 Å². The zero-order valence-corrected chi connectivity index (χ0v) is 10.1. The number of fused-ring (bicyclic) bond motifs is 1. The first-order valence-electron chi connectivity index (χ1n) is 5.67. The van der Waals surface area contributed by atoms with Crippen molar-refractivity contribution in [2.45, 2.75) is 12.8 Å². The molecule has 2 aromatic rings. The van der Waals surface area contributed by atoms with Gasteiger partial charge in [0.2, 0.25) is 5.95 Å². The molecule has 6 heteroatoms. The first kappa shape index (κ1) is 10.7. The van der Waals surface area contributed by atoms with Crippen molar-refractivity contribution in [3.8, 4) is 0 Å². The molecule has 0 aliphatic carbocycles. The molecule has 0 amide bonds. The number of hydrogen-bond donors (Lipinski definition) is 3. The van der Waals surface area contributed by atoms with Gasteiger partial charge >= 0.3 is 0 Å². The van der Waals surface area contributed by atoms with E-state index in [4.69, 9.17) is 5.73 Å². The molecule has 4 N–H and O–H groups in total. The van der Waals surface area contributed by atoms with Crippen molar-refractivity contribution in [3.05, 3.63) is 22.1 Å². The van der Waals surface area contributed by atoms with Crippen LogP contribution in [0.1, 0.15) is 12.0 Å². The summed E-state index contributed by atoms with van der Waals surface area (Å²) in [4.78, 5) is 21.3. The number of H-pyrrole nitrogens is 2. The number of aromatic nitrogens is 3. The third-order valence-electron chi connectivity index (χ3n) is 3.17.